The van der Waals surface area contributed by atoms with Gasteiger partial charge in [-0.3, -0.25) is 4.98 Å². The minimum Gasteiger partial charge on any atom is -0.348 e. The van der Waals surface area contributed by atoms with E-state index >= 15 is 0 Å². The van der Waals surface area contributed by atoms with Crippen molar-refractivity contribution in [1.82, 2.24) is 4.98 Å². The first-order chi connectivity index (χ1) is 11.3. The van der Waals surface area contributed by atoms with Crippen LogP contribution >= 0.6 is 11.6 Å². The van der Waals surface area contributed by atoms with Crippen LogP contribution in [-0.4, -0.2) is 18.2 Å². The summed E-state index contributed by atoms with van der Waals surface area (Å²) < 4.78 is 11.6. The molecule has 0 atom stereocenters. The highest BCUT2D eigenvalue weighted by atomic mass is 35.5. The van der Waals surface area contributed by atoms with Crippen molar-refractivity contribution in [3.05, 3.63) is 65.3 Å². The van der Waals surface area contributed by atoms with Gasteiger partial charge in [0.1, 0.15) is 0 Å². The average Bonchev–Trinajstić information content (AvgIpc) is 2.61. The summed E-state index contributed by atoms with van der Waals surface area (Å²) in [7, 11) is 0. The molecule has 0 spiro atoms. The first-order valence-electron chi connectivity index (χ1n) is 7.88. The summed E-state index contributed by atoms with van der Waals surface area (Å²) in [5.74, 6) is 0.340. The molecule has 0 radical (unpaired) electrons. The first kappa shape index (κ1) is 16.2. The van der Waals surface area contributed by atoms with E-state index < -0.39 is 0 Å². The Bertz CT molecular complexity index is 644. The Morgan fingerprint density at radius 1 is 1.13 bits per heavy atom. The van der Waals surface area contributed by atoms with Gasteiger partial charge in [-0.1, -0.05) is 48.9 Å². The number of pyridine rings is 1. The molecule has 1 aliphatic rings. The van der Waals surface area contributed by atoms with Gasteiger partial charge >= 0.3 is 0 Å². The minimum absolute atomic E-state index is 0.326. The zero-order chi connectivity index (χ0) is 16.1. The number of ether oxygens (including phenoxy) is 2. The molecule has 1 aliphatic heterocycles. The fourth-order valence-corrected chi connectivity index (χ4v) is 2.61. The standard InChI is InChI=1S/C19H20ClNO2/c1-2-3-4-14-12-22-19(23-13-14)16-7-10-18(21-11-16)15-5-8-17(20)9-6-15/h3-11,14,19H,2,12-13H2,1H3/b4-3+/t14-,19-. The Labute approximate surface area is 141 Å². The summed E-state index contributed by atoms with van der Waals surface area (Å²) in [4.78, 5) is 4.51. The molecule has 3 rings (SSSR count). The number of rotatable bonds is 4. The second kappa shape index (κ2) is 7.73. The Hall–Kier alpha value is -1.68. The van der Waals surface area contributed by atoms with Crippen molar-refractivity contribution in [3.63, 3.8) is 0 Å². The van der Waals surface area contributed by atoms with Crippen molar-refractivity contribution < 1.29 is 9.47 Å². The van der Waals surface area contributed by atoms with E-state index in [0.29, 0.717) is 19.1 Å². The fraction of sp³-hybridized carbons (Fsp3) is 0.316. The first-order valence-corrected chi connectivity index (χ1v) is 8.26. The summed E-state index contributed by atoms with van der Waals surface area (Å²) in [5.41, 5.74) is 2.89. The Kier molecular flexibility index (Phi) is 5.44. The molecule has 1 saturated heterocycles. The molecule has 1 fully saturated rings. The van der Waals surface area contributed by atoms with Crippen molar-refractivity contribution in [1.29, 1.82) is 0 Å². The molecule has 3 nitrogen and oxygen atoms in total. The highest BCUT2D eigenvalue weighted by Gasteiger charge is 2.22. The van der Waals surface area contributed by atoms with Gasteiger partial charge in [0.2, 0.25) is 0 Å². The summed E-state index contributed by atoms with van der Waals surface area (Å²) >= 11 is 5.91. The van der Waals surface area contributed by atoms with E-state index in [1.807, 2.05) is 42.6 Å². The van der Waals surface area contributed by atoms with Crippen molar-refractivity contribution >= 4 is 11.6 Å². The van der Waals surface area contributed by atoms with Crippen LogP contribution in [0.3, 0.4) is 0 Å². The molecule has 23 heavy (non-hydrogen) atoms. The lowest BCUT2D eigenvalue weighted by Crippen LogP contribution is -2.25. The van der Waals surface area contributed by atoms with Gasteiger partial charge in [-0.15, -0.1) is 0 Å². The van der Waals surface area contributed by atoms with E-state index in [2.05, 4.69) is 24.1 Å². The van der Waals surface area contributed by atoms with E-state index in [4.69, 9.17) is 21.1 Å². The van der Waals surface area contributed by atoms with E-state index in [1.54, 1.807) is 0 Å². The zero-order valence-corrected chi connectivity index (χ0v) is 13.9. The van der Waals surface area contributed by atoms with Crippen molar-refractivity contribution in [2.75, 3.05) is 13.2 Å². The third kappa shape index (κ3) is 4.20. The molecule has 0 N–H and O–H groups in total. The van der Waals surface area contributed by atoms with Gasteiger partial charge in [0.15, 0.2) is 6.29 Å². The van der Waals surface area contributed by atoms with Crippen LogP contribution in [0.2, 0.25) is 5.02 Å². The number of nitrogens with zero attached hydrogens (tertiary/aromatic N) is 1. The van der Waals surface area contributed by atoms with E-state index in [-0.39, 0.29) is 6.29 Å². The maximum Gasteiger partial charge on any atom is 0.185 e. The second-order valence-electron chi connectivity index (χ2n) is 5.58. The Morgan fingerprint density at radius 2 is 1.87 bits per heavy atom. The highest BCUT2D eigenvalue weighted by molar-refractivity contribution is 6.30. The predicted octanol–water partition coefficient (Wildman–Crippen LogP) is 5.03. The molecule has 2 heterocycles. The highest BCUT2D eigenvalue weighted by Crippen LogP contribution is 2.27. The number of benzene rings is 1. The van der Waals surface area contributed by atoms with Gasteiger partial charge in [0.05, 0.1) is 18.9 Å². The van der Waals surface area contributed by atoms with Crippen molar-refractivity contribution in [2.45, 2.75) is 19.6 Å². The lowest BCUT2D eigenvalue weighted by molar-refractivity contribution is -0.197. The van der Waals surface area contributed by atoms with Crippen LogP contribution in [0.1, 0.15) is 25.2 Å². The van der Waals surface area contributed by atoms with Crippen LogP contribution in [0.5, 0.6) is 0 Å². The number of hydrogen-bond donors (Lipinski definition) is 0. The van der Waals surface area contributed by atoms with Crippen LogP contribution in [0.15, 0.2) is 54.7 Å². The molecule has 2 aromatic rings. The number of allylic oxidation sites excluding steroid dienone is 1. The van der Waals surface area contributed by atoms with E-state index in [0.717, 1.165) is 28.3 Å². The van der Waals surface area contributed by atoms with Gasteiger partial charge in [-0.2, -0.15) is 0 Å². The van der Waals surface area contributed by atoms with Gasteiger partial charge in [0.25, 0.3) is 0 Å². The van der Waals surface area contributed by atoms with Crippen LogP contribution < -0.4 is 0 Å². The third-order valence-corrected chi connectivity index (χ3v) is 4.02. The van der Waals surface area contributed by atoms with Gasteiger partial charge in [0, 0.05) is 28.3 Å². The molecule has 0 unspecified atom stereocenters. The van der Waals surface area contributed by atoms with Crippen molar-refractivity contribution in [3.8, 4) is 11.3 Å². The third-order valence-electron chi connectivity index (χ3n) is 3.77. The minimum atomic E-state index is -0.326. The normalized spacial score (nSPS) is 21.7. The average molecular weight is 330 g/mol. The molecule has 0 bridgehead atoms. The molecule has 0 amide bonds. The SMILES string of the molecule is CC/C=C/[C@H]1CO[C@H](c2ccc(-c3ccc(Cl)cc3)nc2)OC1. The molecule has 0 saturated carbocycles. The largest absolute Gasteiger partial charge is 0.348 e. The van der Waals surface area contributed by atoms with E-state index in [1.165, 1.54) is 0 Å². The maximum atomic E-state index is 5.91. The maximum absolute atomic E-state index is 5.91. The van der Waals surface area contributed by atoms with Crippen LogP contribution in [0.25, 0.3) is 11.3 Å². The summed E-state index contributed by atoms with van der Waals surface area (Å²) in [5, 5.41) is 0.723. The topological polar surface area (TPSA) is 31.4 Å². The predicted molar refractivity (Wildman–Crippen MR) is 92.2 cm³/mol. The summed E-state index contributed by atoms with van der Waals surface area (Å²) in [6.07, 6.45) is 6.85. The lowest BCUT2D eigenvalue weighted by Gasteiger charge is -2.28. The van der Waals surface area contributed by atoms with Crippen LogP contribution in [-0.2, 0) is 9.47 Å². The Balaban J connectivity index is 1.64. The molecule has 0 aliphatic carbocycles. The number of hydrogen-bond acceptors (Lipinski definition) is 3. The quantitative estimate of drug-likeness (QED) is 0.737. The molecular weight excluding hydrogens is 310 g/mol. The van der Waals surface area contributed by atoms with Gasteiger partial charge < -0.3 is 9.47 Å². The zero-order valence-electron chi connectivity index (χ0n) is 13.1. The lowest BCUT2D eigenvalue weighted by atomic mass is 10.1. The number of halogens is 1. The smallest absolute Gasteiger partial charge is 0.185 e. The fourth-order valence-electron chi connectivity index (χ4n) is 2.49. The summed E-state index contributed by atoms with van der Waals surface area (Å²) in [6, 6.07) is 11.6. The monoisotopic (exact) mass is 329 g/mol. The molecular formula is C19H20ClNO2. The Morgan fingerprint density at radius 3 is 2.48 bits per heavy atom. The van der Waals surface area contributed by atoms with Crippen LogP contribution in [0, 0.1) is 5.92 Å². The van der Waals surface area contributed by atoms with Crippen LogP contribution in [0.4, 0.5) is 0 Å². The van der Waals surface area contributed by atoms with Gasteiger partial charge in [-0.05, 0) is 24.6 Å². The second-order valence-corrected chi connectivity index (χ2v) is 6.02. The number of aromatic nitrogens is 1. The summed E-state index contributed by atoms with van der Waals surface area (Å²) in [6.45, 7) is 3.48. The molecule has 4 heteroatoms. The van der Waals surface area contributed by atoms with Crippen molar-refractivity contribution in [2.24, 2.45) is 5.92 Å². The molecule has 120 valence electrons. The van der Waals surface area contributed by atoms with Gasteiger partial charge in [-0.25, -0.2) is 0 Å². The molecule has 1 aromatic carbocycles. The molecule has 1 aromatic heterocycles. The van der Waals surface area contributed by atoms with E-state index in [9.17, 15) is 0 Å².